The van der Waals surface area contributed by atoms with Crippen LogP contribution in [0.3, 0.4) is 0 Å². The quantitative estimate of drug-likeness (QED) is 0.138. The maximum atomic E-state index is 13.5. The van der Waals surface area contributed by atoms with E-state index < -0.39 is 58.0 Å². The number of esters is 3. The van der Waals surface area contributed by atoms with E-state index >= 15 is 0 Å². The van der Waals surface area contributed by atoms with Crippen molar-refractivity contribution in [3.05, 3.63) is 51.7 Å². The van der Waals surface area contributed by atoms with Gasteiger partial charge in [-0.1, -0.05) is 13.8 Å². The molecule has 39 heavy (non-hydrogen) atoms. The van der Waals surface area contributed by atoms with Gasteiger partial charge in [0.25, 0.3) is 10.1 Å². The first-order valence-electron chi connectivity index (χ1n) is 12.1. The van der Waals surface area contributed by atoms with Crippen LogP contribution in [0.5, 0.6) is 5.75 Å². The number of hydrogen-bond acceptors (Lipinski definition) is 8. The van der Waals surface area contributed by atoms with Gasteiger partial charge >= 0.3 is 17.9 Å². The van der Waals surface area contributed by atoms with E-state index in [0.29, 0.717) is 23.1 Å². The minimum atomic E-state index is -4.48. The highest BCUT2D eigenvalue weighted by molar-refractivity contribution is 14.1. The molecule has 2 aromatic rings. The lowest BCUT2D eigenvalue weighted by Crippen LogP contribution is -2.44. The molecule has 0 radical (unpaired) electrons. The molecular formula is C26H23I3O9S. The lowest BCUT2D eigenvalue weighted by Gasteiger charge is -2.30. The largest absolute Gasteiger partial charge is 0.458 e. The van der Waals surface area contributed by atoms with Crippen LogP contribution in [0.1, 0.15) is 47.7 Å². The Balaban J connectivity index is 1.42. The van der Waals surface area contributed by atoms with Gasteiger partial charge in [-0.15, -0.1) is 0 Å². The van der Waals surface area contributed by atoms with Gasteiger partial charge in [-0.05, 0) is 122 Å². The van der Waals surface area contributed by atoms with Crippen molar-refractivity contribution in [2.45, 2.75) is 50.2 Å². The molecule has 0 amide bonds. The van der Waals surface area contributed by atoms with E-state index in [2.05, 4.69) is 67.8 Å². The van der Waals surface area contributed by atoms with Crippen LogP contribution in [0.25, 0.3) is 0 Å². The Labute approximate surface area is 266 Å². The van der Waals surface area contributed by atoms with Gasteiger partial charge in [0.1, 0.15) is 18.0 Å². The molecule has 6 atom stereocenters. The molecule has 2 saturated carbocycles. The average molecular weight is 892 g/mol. The summed E-state index contributed by atoms with van der Waals surface area (Å²) in [5, 5.41) is 0. The van der Waals surface area contributed by atoms with Crippen LogP contribution in [0, 0.1) is 41.3 Å². The summed E-state index contributed by atoms with van der Waals surface area (Å²) >= 11 is 6.51. The third kappa shape index (κ3) is 5.22. The molecule has 2 aliphatic carbocycles. The van der Waals surface area contributed by atoms with Crippen molar-refractivity contribution in [1.29, 1.82) is 0 Å². The zero-order chi connectivity index (χ0) is 28.5. The van der Waals surface area contributed by atoms with Crippen molar-refractivity contribution in [3.8, 4) is 5.75 Å². The maximum Gasteiger partial charge on any atom is 0.338 e. The first kappa shape index (κ1) is 29.4. The molecule has 208 valence electrons. The number of rotatable bonds is 6. The number of hydrogen-bond donors (Lipinski definition) is 1. The van der Waals surface area contributed by atoms with Gasteiger partial charge in [-0.3, -0.25) is 14.1 Å². The van der Waals surface area contributed by atoms with E-state index in [-0.39, 0.29) is 22.5 Å². The summed E-state index contributed by atoms with van der Waals surface area (Å²) in [5.74, 6) is -4.16. The summed E-state index contributed by atoms with van der Waals surface area (Å²) in [7, 11) is -4.48. The van der Waals surface area contributed by atoms with Crippen molar-refractivity contribution in [1.82, 2.24) is 0 Å². The smallest absolute Gasteiger partial charge is 0.338 e. The number of aryl methyl sites for hydroxylation is 1. The maximum absolute atomic E-state index is 13.5. The zero-order valence-electron chi connectivity index (χ0n) is 20.8. The van der Waals surface area contributed by atoms with Crippen LogP contribution < -0.4 is 4.74 Å². The second-order valence-electron chi connectivity index (χ2n) is 10.3. The molecule has 1 N–H and O–H groups in total. The molecule has 5 rings (SSSR count). The Morgan fingerprint density at radius 1 is 1.08 bits per heavy atom. The van der Waals surface area contributed by atoms with E-state index in [1.165, 1.54) is 12.1 Å². The van der Waals surface area contributed by atoms with Crippen molar-refractivity contribution in [3.63, 3.8) is 0 Å². The number of halogens is 3. The third-order valence-electron chi connectivity index (χ3n) is 7.70. The molecule has 2 aromatic carbocycles. The number of carbonyl (C=O) groups excluding carboxylic acids is 3. The Kier molecular flexibility index (Phi) is 8.04. The summed E-state index contributed by atoms with van der Waals surface area (Å²) in [6.45, 7) is 5.07. The Hall–Kier alpha value is -1.05. The average Bonchev–Trinajstić information content (AvgIpc) is 3.46. The molecule has 13 heteroatoms. The highest BCUT2D eigenvalue weighted by Crippen LogP contribution is 2.59. The fourth-order valence-corrected chi connectivity index (χ4v) is 8.97. The molecular weight excluding hydrogens is 869 g/mol. The van der Waals surface area contributed by atoms with Gasteiger partial charge in [0.15, 0.2) is 0 Å². The standard InChI is InChI=1S/C26H23I3O9S/c1-9(2)12-8-17(10(3)4-18(12)39(33,34)35)36-25(31)19-13-7-14-20(19)26(32)38-23(14)22(13)37-24(30)11-5-15(27)21(29)16(28)6-11/h4-6,8-9,13-14,19-20,22-23H,7H2,1-3H3,(H,33,34,35). The molecule has 1 saturated heterocycles. The third-order valence-corrected chi connectivity index (χ3v) is 13.5. The Bertz CT molecular complexity index is 1500. The van der Waals surface area contributed by atoms with Gasteiger partial charge in [-0.2, -0.15) is 8.42 Å². The van der Waals surface area contributed by atoms with Crippen molar-refractivity contribution >= 4 is 95.8 Å². The highest BCUT2D eigenvalue weighted by Gasteiger charge is 2.70. The molecule has 3 aliphatic rings. The summed E-state index contributed by atoms with van der Waals surface area (Å²) in [6.07, 6.45) is -0.907. The van der Waals surface area contributed by atoms with E-state index in [0.717, 1.165) is 10.7 Å². The molecule has 0 aromatic heterocycles. The molecule has 2 bridgehead atoms. The fraction of sp³-hybridized carbons (Fsp3) is 0.423. The van der Waals surface area contributed by atoms with E-state index in [4.69, 9.17) is 14.2 Å². The van der Waals surface area contributed by atoms with Gasteiger partial charge in [0, 0.05) is 22.5 Å². The first-order chi connectivity index (χ1) is 18.2. The number of benzene rings is 2. The lowest BCUT2D eigenvalue weighted by atomic mass is 9.78. The Morgan fingerprint density at radius 3 is 2.31 bits per heavy atom. The molecule has 1 heterocycles. The summed E-state index contributed by atoms with van der Waals surface area (Å²) in [5.41, 5.74) is 1.01. The first-order valence-corrected chi connectivity index (χ1v) is 16.8. The van der Waals surface area contributed by atoms with Crippen molar-refractivity contribution < 1.29 is 41.6 Å². The van der Waals surface area contributed by atoms with E-state index in [1.807, 2.05) is 0 Å². The normalized spacial score (nSPS) is 27.1. The lowest BCUT2D eigenvalue weighted by molar-refractivity contribution is -0.149. The molecule has 9 nitrogen and oxygen atoms in total. The number of fused-ring (bicyclic) bond motifs is 1. The predicted octanol–water partition coefficient (Wildman–Crippen LogP) is 5.12. The van der Waals surface area contributed by atoms with Gasteiger partial charge in [0.2, 0.25) is 0 Å². The topological polar surface area (TPSA) is 133 Å². The molecule has 1 aliphatic heterocycles. The van der Waals surface area contributed by atoms with Gasteiger partial charge in [-0.25, -0.2) is 4.79 Å². The van der Waals surface area contributed by atoms with E-state index in [1.54, 1.807) is 32.9 Å². The van der Waals surface area contributed by atoms with Crippen molar-refractivity contribution in [2.75, 3.05) is 0 Å². The van der Waals surface area contributed by atoms with Crippen LogP contribution in [-0.2, 0) is 29.2 Å². The minimum Gasteiger partial charge on any atom is -0.458 e. The SMILES string of the molecule is Cc1cc(S(=O)(=O)O)c(C(C)C)cc1OC(=O)C1C2CC3C(OC(=O)C31)C2OC(=O)c1cc(I)c(I)c(I)c1. The molecule has 6 unspecified atom stereocenters. The minimum absolute atomic E-state index is 0.137. The second kappa shape index (κ2) is 10.7. The molecule has 3 fully saturated rings. The van der Waals surface area contributed by atoms with E-state index in [9.17, 15) is 27.4 Å². The number of carbonyl (C=O) groups is 3. The van der Waals surface area contributed by atoms with Crippen LogP contribution >= 0.6 is 67.8 Å². The monoisotopic (exact) mass is 892 g/mol. The number of ether oxygens (including phenoxy) is 3. The van der Waals surface area contributed by atoms with Crippen molar-refractivity contribution in [2.24, 2.45) is 23.7 Å². The van der Waals surface area contributed by atoms with Crippen LogP contribution in [0.2, 0.25) is 0 Å². The fourth-order valence-electron chi connectivity index (χ4n) is 5.97. The summed E-state index contributed by atoms with van der Waals surface area (Å²) in [4.78, 5) is 39.2. The predicted molar refractivity (Wildman–Crippen MR) is 163 cm³/mol. The highest BCUT2D eigenvalue weighted by atomic mass is 127. The van der Waals surface area contributed by atoms with Crippen LogP contribution in [0.15, 0.2) is 29.2 Å². The van der Waals surface area contributed by atoms with Gasteiger partial charge < -0.3 is 14.2 Å². The summed E-state index contributed by atoms with van der Waals surface area (Å²) < 4.78 is 53.5. The Morgan fingerprint density at radius 2 is 1.72 bits per heavy atom. The zero-order valence-corrected chi connectivity index (χ0v) is 28.1. The van der Waals surface area contributed by atoms with Crippen LogP contribution in [-0.4, -0.2) is 43.1 Å². The van der Waals surface area contributed by atoms with Gasteiger partial charge in [0.05, 0.1) is 22.3 Å². The van der Waals surface area contributed by atoms with Crippen LogP contribution in [0.4, 0.5) is 0 Å². The summed E-state index contributed by atoms with van der Waals surface area (Å²) in [6, 6.07) is 6.17. The molecule has 0 spiro atoms. The second-order valence-corrected chi connectivity index (χ2v) is 15.1.